The standard InChI is InChI=1S/C14H17N5O2/c1-8-4-5-11(19-15)10(6-8)13(20)18-14-16-9(2)7-12(17-14)21-3/h4-7,19H,15H2,1-3H3,(H,16,17,18,20). The van der Waals surface area contributed by atoms with E-state index in [1.807, 2.05) is 13.0 Å². The van der Waals surface area contributed by atoms with E-state index in [9.17, 15) is 4.79 Å². The summed E-state index contributed by atoms with van der Waals surface area (Å²) >= 11 is 0. The van der Waals surface area contributed by atoms with Gasteiger partial charge in [-0.05, 0) is 26.0 Å². The maximum Gasteiger partial charge on any atom is 0.260 e. The molecule has 1 aromatic heterocycles. The van der Waals surface area contributed by atoms with Crippen molar-refractivity contribution in [3.63, 3.8) is 0 Å². The molecule has 0 spiro atoms. The number of aryl methyl sites for hydroxylation is 2. The van der Waals surface area contributed by atoms with E-state index in [1.165, 1.54) is 7.11 Å². The van der Waals surface area contributed by atoms with E-state index < -0.39 is 0 Å². The Balaban J connectivity index is 2.30. The Labute approximate surface area is 122 Å². The molecule has 0 aliphatic carbocycles. The van der Waals surface area contributed by atoms with Crippen LogP contribution in [0.4, 0.5) is 11.6 Å². The monoisotopic (exact) mass is 287 g/mol. The second kappa shape index (κ2) is 6.19. The average Bonchev–Trinajstić information content (AvgIpc) is 2.46. The van der Waals surface area contributed by atoms with Crippen LogP contribution in [0.15, 0.2) is 24.3 Å². The normalized spacial score (nSPS) is 10.1. The van der Waals surface area contributed by atoms with Crippen LogP contribution in [-0.2, 0) is 0 Å². The third-order valence-corrected chi connectivity index (χ3v) is 2.84. The highest BCUT2D eigenvalue weighted by atomic mass is 16.5. The van der Waals surface area contributed by atoms with E-state index in [0.29, 0.717) is 22.8 Å². The quantitative estimate of drug-likeness (QED) is 0.583. The number of hydrazine groups is 1. The predicted octanol–water partition coefficient (Wildman–Crippen LogP) is 1.64. The lowest BCUT2D eigenvalue weighted by atomic mass is 10.1. The zero-order valence-corrected chi connectivity index (χ0v) is 12.1. The van der Waals surface area contributed by atoms with Gasteiger partial charge in [0.15, 0.2) is 0 Å². The van der Waals surface area contributed by atoms with Gasteiger partial charge in [-0.3, -0.25) is 16.0 Å². The van der Waals surface area contributed by atoms with Gasteiger partial charge in [-0.2, -0.15) is 4.98 Å². The number of carbonyl (C=O) groups is 1. The van der Waals surface area contributed by atoms with Crippen molar-refractivity contribution in [2.45, 2.75) is 13.8 Å². The number of ether oxygens (including phenoxy) is 1. The number of carbonyl (C=O) groups excluding carboxylic acids is 1. The Morgan fingerprint density at radius 2 is 2.00 bits per heavy atom. The molecule has 0 aliphatic heterocycles. The molecule has 0 atom stereocenters. The zero-order valence-electron chi connectivity index (χ0n) is 12.1. The molecule has 0 bridgehead atoms. The number of methoxy groups -OCH3 is 1. The fraction of sp³-hybridized carbons (Fsp3) is 0.214. The van der Waals surface area contributed by atoms with Crippen LogP contribution in [0.2, 0.25) is 0 Å². The molecule has 0 radical (unpaired) electrons. The summed E-state index contributed by atoms with van der Waals surface area (Å²) in [7, 11) is 1.50. The molecular weight excluding hydrogens is 270 g/mol. The topological polar surface area (TPSA) is 102 Å². The smallest absolute Gasteiger partial charge is 0.260 e. The first-order chi connectivity index (χ1) is 10.0. The van der Waals surface area contributed by atoms with Gasteiger partial charge in [0.1, 0.15) is 0 Å². The Kier molecular flexibility index (Phi) is 4.34. The molecule has 0 saturated heterocycles. The first-order valence-electron chi connectivity index (χ1n) is 6.31. The van der Waals surface area contributed by atoms with Gasteiger partial charge in [-0.15, -0.1) is 0 Å². The van der Waals surface area contributed by atoms with Gasteiger partial charge >= 0.3 is 0 Å². The molecule has 7 heteroatoms. The Bertz CT molecular complexity index is 672. The second-order valence-electron chi connectivity index (χ2n) is 4.52. The van der Waals surface area contributed by atoms with Crippen LogP contribution in [-0.4, -0.2) is 23.0 Å². The highest BCUT2D eigenvalue weighted by Gasteiger charge is 2.13. The van der Waals surface area contributed by atoms with Crippen molar-refractivity contribution in [1.82, 2.24) is 9.97 Å². The molecule has 7 nitrogen and oxygen atoms in total. The molecule has 0 unspecified atom stereocenters. The van der Waals surface area contributed by atoms with E-state index in [0.717, 1.165) is 5.56 Å². The summed E-state index contributed by atoms with van der Waals surface area (Å²) in [5.74, 6) is 5.64. The van der Waals surface area contributed by atoms with Gasteiger partial charge in [0.25, 0.3) is 5.91 Å². The lowest BCUT2D eigenvalue weighted by Gasteiger charge is -2.10. The number of anilines is 2. The second-order valence-corrected chi connectivity index (χ2v) is 4.52. The number of nitrogens with two attached hydrogens (primary N) is 1. The van der Waals surface area contributed by atoms with Gasteiger partial charge in [0.2, 0.25) is 11.8 Å². The van der Waals surface area contributed by atoms with Gasteiger partial charge in [0.05, 0.1) is 18.4 Å². The largest absolute Gasteiger partial charge is 0.481 e. The summed E-state index contributed by atoms with van der Waals surface area (Å²) in [4.78, 5) is 20.6. The number of benzene rings is 1. The minimum Gasteiger partial charge on any atom is -0.481 e. The number of nitrogens with zero attached hydrogens (tertiary/aromatic N) is 2. The molecule has 110 valence electrons. The van der Waals surface area contributed by atoms with Gasteiger partial charge in [-0.1, -0.05) is 11.6 Å². The van der Waals surface area contributed by atoms with Gasteiger partial charge in [0, 0.05) is 11.8 Å². The third kappa shape index (κ3) is 3.46. The van der Waals surface area contributed by atoms with E-state index in [4.69, 9.17) is 10.6 Å². The van der Waals surface area contributed by atoms with Crippen LogP contribution < -0.4 is 21.3 Å². The molecule has 0 aliphatic rings. The molecule has 21 heavy (non-hydrogen) atoms. The molecule has 1 heterocycles. The van der Waals surface area contributed by atoms with E-state index >= 15 is 0 Å². The van der Waals surface area contributed by atoms with Crippen molar-refractivity contribution >= 4 is 17.5 Å². The SMILES string of the molecule is COc1cc(C)nc(NC(=O)c2cc(C)ccc2NN)n1. The summed E-state index contributed by atoms with van der Waals surface area (Å²) in [6, 6.07) is 7.01. The highest BCUT2D eigenvalue weighted by Crippen LogP contribution is 2.18. The Hall–Kier alpha value is -2.67. The van der Waals surface area contributed by atoms with E-state index in [2.05, 4.69) is 20.7 Å². The average molecular weight is 287 g/mol. The van der Waals surface area contributed by atoms with Crippen LogP contribution in [0.1, 0.15) is 21.6 Å². The van der Waals surface area contributed by atoms with Crippen molar-refractivity contribution in [3.05, 3.63) is 41.1 Å². The summed E-state index contributed by atoms with van der Waals surface area (Å²) < 4.78 is 5.05. The molecule has 0 fully saturated rings. The number of aromatic nitrogens is 2. The fourth-order valence-electron chi connectivity index (χ4n) is 1.84. The van der Waals surface area contributed by atoms with Crippen LogP contribution in [0.5, 0.6) is 5.88 Å². The first-order valence-corrected chi connectivity index (χ1v) is 6.31. The number of amides is 1. The van der Waals surface area contributed by atoms with Crippen LogP contribution >= 0.6 is 0 Å². The molecule has 4 N–H and O–H groups in total. The Morgan fingerprint density at radius 3 is 2.67 bits per heavy atom. The van der Waals surface area contributed by atoms with Crippen molar-refractivity contribution in [2.75, 3.05) is 17.9 Å². The zero-order chi connectivity index (χ0) is 15.4. The summed E-state index contributed by atoms with van der Waals surface area (Å²) in [6.07, 6.45) is 0. The molecular formula is C14H17N5O2. The number of nitrogens with one attached hydrogen (secondary N) is 2. The van der Waals surface area contributed by atoms with E-state index in [1.54, 1.807) is 25.1 Å². The minimum atomic E-state index is -0.348. The van der Waals surface area contributed by atoms with Crippen molar-refractivity contribution in [1.29, 1.82) is 0 Å². The molecule has 2 rings (SSSR count). The summed E-state index contributed by atoms with van der Waals surface area (Å²) in [6.45, 7) is 3.68. The summed E-state index contributed by atoms with van der Waals surface area (Å²) in [5, 5.41) is 2.64. The molecule has 0 saturated carbocycles. The maximum atomic E-state index is 12.3. The van der Waals surface area contributed by atoms with Gasteiger partial charge < -0.3 is 10.2 Å². The van der Waals surface area contributed by atoms with Crippen molar-refractivity contribution < 1.29 is 9.53 Å². The van der Waals surface area contributed by atoms with Crippen LogP contribution in [0.3, 0.4) is 0 Å². The number of rotatable bonds is 4. The minimum absolute atomic E-state index is 0.182. The predicted molar refractivity (Wildman–Crippen MR) is 80.3 cm³/mol. The Morgan fingerprint density at radius 1 is 1.24 bits per heavy atom. The lowest BCUT2D eigenvalue weighted by Crippen LogP contribution is -2.19. The van der Waals surface area contributed by atoms with Crippen LogP contribution in [0.25, 0.3) is 0 Å². The molecule has 2 aromatic rings. The third-order valence-electron chi connectivity index (χ3n) is 2.84. The van der Waals surface area contributed by atoms with Crippen LogP contribution in [0, 0.1) is 13.8 Å². The number of nitrogen functional groups attached to an aromatic ring is 1. The summed E-state index contributed by atoms with van der Waals surface area (Å²) in [5.41, 5.74) is 5.08. The molecule has 1 amide bonds. The van der Waals surface area contributed by atoms with Gasteiger partial charge in [-0.25, -0.2) is 4.98 Å². The maximum absolute atomic E-state index is 12.3. The highest BCUT2D eigenvalue weighted by molar-refractivity contribution is 6.07. The van der Waals surface area contributed by atoms with Crippen molar-refractivity contribution in [2.24, 2.45) is 5.84 Å². The van der Waals surface area contributed by atoms with Crippen molar-refractivity contribution in [3.8, 4) is 5.88 Å². The first kappa shape index (κ1) is 14.7. The fourth-order valence-corrected chi connectivity index (χ4v) is 1.84. The van der Waals surface area contributed by atoms with E-state index in [-0.39, 0.29) is 11.9 Å². The number of hydrogen-bond donors (Lipinski definition) is 3. The molecule has 1 aromatic carbocycles. The lowest BCUT2D eigenvalue weighted by molar-refractivity contribution is 0.102. The number of hydrogen-bond acceptors (Lipinski definition) is 6.